The molecule has 0 radical (unpaired) electrons. The lowest BCUT2D eigenvalue weighted by molar-refractivity contribution is 0.102. The zero-order chi connectivity index (χ0) is 14.1. The molecule has 3 aromatic rings. The summed E-state index contributed by atoms with van der Waals surface area (Å²) in [5.41, 5.74) is 6.90. The predicted molar refractivity (Wildman–Crippen MR) is 79.0 cm³/mol. The molecule has 1 aromatic carbocycles. The number of hydrogen-bond donors (Lipinski definition) is 2. The summed E-state index contributed by atoms with van der Waals surface area (Å²) in [7, 11) is 0. The zero-order valence-corrected chi connectivity index (χ0v) is 11.6. The third-order valence-corrected chi connectivity index (χ3v) is 3.59. The van der Waals surface area contributed by atoms with Gasteiger partial charge >= 0.3 is 0 Å². The molecule has 0 aliphatic carbocycles. The Labute approximate surface area is 122 Å². The fourth-order valence-corrected chi connectivity index (χ4v) is 2.53. The largest absolute Gasteiger partial charge is 0.375 e. The van der Waals surface area contributed by atoms with Crippen LogP contribution in [0.25, 0.3) is 10.2 Å². The number of nitrogens with zero attached hydrogens (tertiary/aromatic N) is 3. The lowest BCUT2D eigenvalue weighted by Crippen LogP contribution is -2.13. The molecule has 3 rings (SSSR count). The lowest BCUT2D eigenvalue weighted by Gasteiger charge is -2.03. The number of thiazole rings is 1. The van der Waals surface area contributed by atoms with Gasteiger partial charge in [0.25, 0.3) is 5.91 Å². The number of nitrogen functional groups attached to an aromatic ring is 1. The van der Waals surface area contributed by atoms with E-state index >= 15 is 0 Å². The van der Waals surface area contributed by atoms with E-state index in [1.54, 1.807) is 30.3 Å². The van der Waals surface area contributed by atoms with Crippen LogP contribution in [-0.2, 0) is 0 Å². The molecule has 0 aliphatic rings. The minimum atomic E-state index is -0.282. The molecule has 3 N–H and O–H groups in total. The SMILES string of the molecule is Nc1nc2ccc(C(=O)Nc3ccc(Cl)nn3)cc2s1. The molecule has 0 aliphatic heterocycles. The van der Waals surface area contributed by atoms with E-state index in [0.29, 0.717) is 16.5 Å². The van der Waals surface area contributed by atoms with Gasteiger partial charge in [0.05, 0.1) is 10.2 Å². The fraction of sp³-hybridized carbons (Fsp3) is 0. The van der Waals surface area contributed by atoms with Crippen molar-refractivity contribution in [1.29, 1.82) is 0 Å². The van der Waals surface area contributed by atoms with Crippen molar-refractivity contribution in [3.8, 4) is 0 Å². The van der Waals surface area contributed by atoms with Crippen LogP contribution in [0.4, 0.5) is 10.9 Å². The summed E-state index contributed by atoms with van der Waals surface area (Å²) in [4.78, 5) is 16.2. The minimum Gasteiger partial charge on any atom is -0.375 e. The summed E-state index contributed by atoms with van der Waals surface area (Å²) in [6.45, 7) is 0. The van der Waals surface area contributed by atoms with Crippen molar-refractivity contribution in [3.05, 3.63) is 41.0 Å². The van der Waals surface area contributed by atoms with Crippen LogP contribution in [0.1, 0.15) is 10.4 Å². The Balaban J connectivity index is 1.86. The Morgan fingerprint density at radius 1 is 1.25 bits per heavy atom. The van der Waals surface area contributed by atoms with E-state index in [0.717, 1.165) is 10.2 Å². The molecule has 2 heterocycles. The summed E-state index contributed by atoms with van der Waals surface area (Å²) in [5.74, 6) is 0.0545. The number of aromatic nitrogens is 3. The van der Waals surface area contributed by atoms with Gasteiger partial charge in [0, 0.05) is 5.56 Å². The van der Waals surface area contributed by atoms with Gasteiger partial charge in [-0.15, -0.1) is 10.2 Å². The second kappa shape index (κ2) is 5.03. The van der Waals surface area contributed by atoms with Gasteiger partial charge in [0.2, 0.25) is 0 Å². The molecule has 0 bridgehead atoms. The highest BCUT2D eigenvalue weighted by atomic mass is 35.5. The first-order valence-electron chi connectivity index (χ1n) is 5.58. The number of fused-ring (bicyclic) bond motifs is 1. The van der Waals surface area contributed by atoms with Crippen LogP contribution < -0.4 is 11.1 Å². The first-order chi connectivity index (χ1) is 9.61. The van der Waals surface area contributed by atoms with E-state index in [-0.39, 0.29) is 11.1 Å². The number of hydrogen-bond acceptors (Lipinski definition) is 6. The number of rotatable bonds is 2. The molecule has 0 fully saturated rings. The number of amides is 1. The van der Waals surface area contributed by atoms with E-state index in [4.69, 9.17) is 17.3 Å². The predicted octanol–water partition coefficient (Wildman–Crippen LogP) is 2.57. The average Bonchev–Trinajstić information content (AvgIpc) is 2.80. The highest BCUT2D eigenvalue weighted by Crippen LogP contribution is 2.24. The van der Waals surface area contributed by atoms with Crippen LogP contribution in [0.2, 0.25) is 5.15 Å². The Morgan fingerprint density at radius 2 is 2.10 bits per heavy atom. The van der Waals surface area contributed by atoms with Crippen molar-refractivity contribution in [3.63, 3.8) is 0 Å². The summed E-state index contributed by atoms with van der Waals surface area (Å²) >= 11 is 6.96. The molecule has 100 valence electrons. The molecule has 0 saturated carbocycles. The topological polar surface area (TPSA) is 93.8 Å². The average molecular weight is 306 g/mol. The Morgan fingerprint density at radius 3 is 2.85 bits per heavy atom. The number of nitrogens with two attached hydrogens (primary N) is 1. The van der Waals surface area contributed by atoms with Crippen molar-refractivity contribution in [2.24, 2.45) is 0 Å². The number of benzene rings is 1. The maximum absolute atomic E-state index is 12.1. The second-order valence-electron chi connectivity index (χ2n) is 3.93. The monoisotopic (exact) mass is 305 g/mol. The summed E-state index contributed by atoms with van der Waals surface area (Å²) in [5, 5.41) is 10.8. The summed E-state index contributed by atoms with van der Waals surface area (Å²) in [6.07, 6.45) is 0. The van der Waals surface area contributed by atoms with E-state index in [9.17, 15) is 4.79 Å². The van der Waals surface area contributed by atoms with Crippen LogP contribution in [0, 0.1) is 0 Å². The maximum Gasteiger partial charge on any atom is 0.256 e. The molecule has 1 amide bonds. The van der Waals surface area contributed by atoms with Gasteiger partial charge in [0.15, 0.2) is 16.1 Å². The van der Waals surface area contributed by atoms with Gasteiger partial charge in [-0.05, 0) is 30.3 Å². The van der Waals surface area contributed by atoms with Crippen molar-refractivity contribution in [2.45, 2.75) is 0 Å². The molecule has 0 spiro atoms. The van der Waals surface area contributed by atoms with Gasteiger partial charge in [-0.2, -0.15) is 0 Å². The molecule has 0 unspecified atom stereocenters. The highest BCUT2D eigenvalue weighted by Gasteiger charge is 2.10. The Bertz CT molecular complexity index is 786. The van der Waals surface area contributed by atoms with Gasteiger partial charge in [-0.1, -0.05) is 22.9 Å². The van der Waals surface area contributed by atoms with Crippen LogP contribution >= 0.6 is 22.9 Å². The molecule has 0 saturated heterocycles. The molecule has 20 heavy (non-hydrogen) atoms. The molecule has 8 heteroatoms. The van der Waals surface area contributed by atoms with Crippen molar-refractivity contribution < 1.29 is 4.79 Å². The summed E-state index contributed by atoms with van der Waals surface area (Å²) < 4.78 is 0.859. The number of anilines is 2. The first-order valence-corrected chi connectivity index (χ1v) is 6.78. The third-order valence-electron chi connectivity index (χ3n) is 2.54. The molecular formula is C12H8ClN5OS. The molecule has 0 atom stereocenters. The second-order valence-corrected chi connectivity index (χ2v) is 5.38. The fourth-order valence-electron chi connectivity index (χ4n) is 1.65. The van der Waals surface area contributed by atoms with Gasteiger partial charge in [-0.25, -0.2) is 4.98 Å². The van der Waals surface area contributed by atoms with Gasteiger partial charge in [0.1, 0.15) is 0 Å². The van der Waals surface area contributed by atoms with Crippen molar-refractivity contribution >= 4 is 50.0 Å². The zero-order valence-electron chi connectivity index (χ0n) is 10.0. The number of halogens is 1. The van der Waals surface area contributed by atoms with E-state index in [1.165, 1.54) is 11.3 Å². The molecular weight excluding hydrogens is 298 g/mol. The van der Waals surface area contributed by atoms with Crippen LogP contribution in [0.5, 0.6) is 0 Å². The summed E-state index contributed by atoms with van der Waals surface area (Å²) in [6, 6.07) is 8.31. The lowest BCUT2D eigenvalue weighted by atomic mass is 10.2. The van der Waals surface area contributed by atoms with Crippen molar-refractivity contribution in [2.75, 3.05) is 11.1 Å². The third kappa shape index (κ3) is 2.54. The van der Waals surface area contributed by atoms with Gasteiger partial charge in [-0.3, -0.25) is 4.79 Å². The van der Waals surface area contributed by atoms with Crippen molar-refractivity contribution in [1.82, 2.24) is 15.2 Å². The Hall–Kier alpha value is -2.25. The van der Waals surface area contributed by atoms with Gasteiger partial charge < -0.3 is 11.1 Å². The highest BCUT2D eigenvalue weighted by molar-refractivity contribution is 7.22. The van der Waals surface area contributed by atoms with E-state index < -0.39 is 0 Å². The van der Waals surface area contributed by atoms with Crippen LogP contribution in [0.3, 0.4) is 0 Å². The molecule has 6 nitrogen and oxygen atoms in total. The normalized spacial score (nSPS) is 10.7. The maximum atomic E-state index is 12.1. The number of carbonyl (C=O) groups is 1. The van der Waals surface area contributed by atoms with E-state index in [2.05, 4.69) is 20.5 Å². The minimum absolute atomic E-state index is 0.268. The molecule has 2 aromatic heterocycles. The van der Waals surface area contributed by atoms with Crippen LogP contribution in [-0.4, -0.2) is 21.1 Å². The van der Waals surface area contributed by atoms with E-state index in [1.807, 2.05) is 0 Å². The quantitative estimate of drug-likeness (QED) is 0.759. The first kappa shape index (κ1) is 12.8. The smallest absolute Gasteiger partial charge is 0.256 e. The Kier molecular flexibility index (Phi) is 3.21. The number of carbonyl (C=O) groups excluding carboxylic acids is 1. The standard InChI is InChI=1S/C12H8ClN5OS/c13-9-3-4-10(18-17-9)16-11(19)6-1-2-7-8(5-6)20-12(14)15-7/h1-5H,(H2,14,15)(H,16,18,19). The van der Waals surface area contributed by atoms with Crippen LogP contribution in [0.15, 0.2) is 30.3 Å². The number of nitrogens with one attached hydrogen (secondary N) is 1.